The quantitative estimate of drug-likeness (QED) is 0.857. The molecule has 1 aromatic heterocycles. The lowest BCUT2D eigenvalue weighted by atomic mass is 9.90. The van der Waals surface area contributed by atoms with Gasteiger partial charge in [0.05, 0.1) is 0 Å². The van der Waals surface area contributed by atoms with Gasteiger partial charge in [-0.05, 0) is 12.3 Å². The van der Waals surface area contributed by atoms with Crippen LogP contribution in [0.2, 0.25) is 0 Å². The molecule has 0 aromatic carbocycles. The highest BCUT2D eigenvalue weighted by atomic mass is 16.2. The minimum atomic E-state index is -0.0894. The van der Waals surface area contributed by atoms with E-state index in [1.165, 1.54) is 0 Å². The van der Waals surface area contributed by atoms with E-state index in [1.807, 2.05) is 18.7 Å². The molecule has 0 bridgehead atoms. The van der Waals surface area contributed by atoms with Crippen molar-refractivity contribution >= 4 is 5.91 Å². The largest absolute Gasteiger partial charge is 0.335 e. The maximum atomic E-state index is 12.3. The SMILES string of the molecule is CCC1CN(C(=O)c2n[nH]c(C(C)C)n2)CCC1N. The molecule has 1 aliphatic heterocycles. The molecule has 0 spiro atoms. The Morgan fingerprint density at radius 2 is 2.32 bits per heavy atom. The molecular formula is C13H23N5O. The van der Waals surface area contributed by atoms with Gasteiger partial charge in [0.2, 0.25) is 5.82 Å². The van der Waals surface area contributed by atoms with Crippen LogP contribution in [0.1, 0.15) is 56.0 Å². The van der Waals surface area contributed by atoms with E-state index >= 15 is 0 Å². The van der Waals surface area contributed by atoms with Gasteiger partial charge in [0.25, 0.3) is 5.91 Å². The van der Waals surface area contributed by atoms with Crippen LogP contribution in [0.15, 0.2) is 0 Å². The molecule has 1 saturated heterocycles. The zero-order valence-electron chi connectivity index (χ0n) is 11.9. The lowest BCUT2D eigenvalue weighted by Crippen LogP contribution is -2.49. The minimum absolute atomic E-state index is 0.0894. The predicted octanol–water partition coefficient (Wildman–Crippen LogP) is 1.13. The van der Waals surface area contributed by atoms with E-state index in [9.17, 15) is 4.79 Å². The number of H-pyrrole nitrogens is 1. The summed E-state index contributed by atoms with van der Waals surface area (Å²) in [5, 5.41) is 6.85. The molecule has 1 fully saturated rings. The smallest absolute Gasteiger partial charge is 0.293 e. The normalized spacial score (nSPS) is 23.9. The maximum absolute atomic E-state index is 12.3. The summed E-state index contributed by atoms with van der Waals surface area (Å²) in [4.78, 5) is 18.4. The standard InChI is InChI=1S/C13H23N5O/c1-4-9-7-18(6-5-10(9)14)13(19)12-15-11(8(2)3)16-17-12/h8-10H,4-7,14H2,1-3H3,(H,15,16,17). The molecular weight excluding hydrogens is 242 g/mol. The summed E-state index contributed by atoms with van der Waals surface area (Å²) in [5.74, 6) is 1.56. The number of nitrogens with one attached hydrogen (secondary N) is 1. The van der Waals surface area contributed by atoms with Crippen LogP contribution >= 0.6 is 0 Å². The van der Waals surface area contributed by atoms with E-state index in [2.05, 4.69) is 22.1 Å². The van der Waals surface area contributed by atoms with Gasteiger partial charge in [0.15, 0.2) is 0 Å². The van der Waals surface area contributed by atoms with Crippen molar-refractivity contribution in [2.75, 3.05) is 13.1 Å². The number of nitrogens with zero attached hydrogens (tertiary/aromatic N) is 3. The van der Waals surface area contributed by atoms with Crippen LogP contribution in [-0.4, -0.2) is 45.1 Å². The van der Waals surface area contributed by atoms with Gasteiger partial charge in [0, 0.05) is 25.0 Å². The third kappa shape index (κ3) is 2.94. The van der Waals surface area contributed by atoms with Gasteiger partial charge in [0.1, 0.15) is 5.82 Å². The summed E-state index contributed by atoms with van der Waals surface area (Å²) >= 11 is 0. The molecule has 1 amide bonds. The third-order valence-corrected chi connectivity index (χ3v) is 3.85. The maximum Gasteiger partial charge on any atom is 0.293 e. The predicted molar refractivity (Wildman–Crippen MR) is 72.7 cm³/mol. The third-order valence-electron chi connectivity index (χ3n) is 3.85. The van der Waals surface area contributed by atoms with Gasteiger partial charge in [-0.2, -0.15) is 0 Å². The zero-order valence-corrected chi connectivity index (χ0v) is 11.9. The Balaban J connectivity index is 2.06. The first-order valence-corrected chi connectivity index (χ1v) is 7.00. The average molecular weight is 265 g/mol. The molecule has 6 nitrogen and oxygen atoms in total. The fourth-order valence-corrected chi connectivity index (χ4v) is 2.44. The van der Waals surface area contributed by atoms with Crippen molar-refractivity contribution in [3.05, 3.63) is 11.6 Å². The van der Waals surface area contributed by atoms with Crippen LogP contribution in [0.4, 0.5) is 0 Å². The summed E-state index contributed by atoms with van der Waals surface area (Å²) in [7, 11) is 0. The average Bonchev–Trinajstić information content (AvgIpc) is 2.88. The molecule has 3 N–H and O–H groups in total. The number of hydrogen-bond acceptors (Lipinski definition) is 4. The molecule has 0 radical (unpaired) electrons. The fourth-order valence-electron chi connectivity index (χ4n) is 2.44. The van der Waals surface area contributed by atoms with Gasteiger partial charge in [-0.15, -0.1) is 5.10 Å². The highest BCUT2D eigenvalue weighted by Gasteiger charge is 2.30. The molecule has 6 heteroatoms. The summed E-state index contributed by atoms with van der Waals surface area (Å²) < 4.78 is 0. The van der Waals surface area contributed by atoms with Crippen LogP contribution in [0.5, 0.6) is 0 Å². The van der Waals surface area contributed by atoms with Gasteiger partial charge >= 0.3 is 0 Å². The van der Waals surface area contributed by atoms with Gasteiger partial charge in [-0.3, -0.25) is 9.89 Å². The molecule has 2 heterocycles. The van der Waals surface area contributed by atoms with Crippen LogP contribution in [0.25, 0.3) is 0 Å². The number of nitrogens with two attached hydrogens (primary N) is 1. The monoisotopic (exact) mass is 265 g/mol. The second-order valence-electron chi connectivity index (χ2n) is 5.57. The number of aromatic nitrogens is 3. The topological polar surface area (TPSA) is 87.9 Å². The number of carbonyl (C=O) groups excluding carboxylic acids is 1. The molecule has 0 saturated carbocycles. The van der Waals surface area contributed by atoms with Crippen molar-refractivity contribution in [2.45, 2.75) is 45.6 Å². The minimum Gasteiger partial charge on any atom is -0.335 e. The van der Waals surface area contributed by atoms with Crippen molar-refractivity contribution in [1.82, 2.24) is 20.1 Å². The number of carbonyl (C=O) groups is 1. The van der Waals surface area contributed by atoms with Crippen molar-refractivity contribution in [2.24, 2.45) is 11.7 Å². The highest BCUT2D eigenvalue weighted by Crippen LogP contribution is 2.20. The first-order valence-electron chi connectivity index (χ1n) is 7.00. The first kappa shape index (κ1) is 14.0. The van der Waals surface area contributed by atoms with E-state index < -0.39 is 0 Å². The van der Waals surface area contributed by atoms with E-state index in [0.29, 0.717) is 19.0 Å². The van der Waals surface area contributed by atoms with Crippen molar-refractivity contribution in [1.29, 1.82) is 0 Å². The Morgan fingerprint density at radius 1 is 1.58 bits per heavy atom. The number of likely N-dealkylation sites (tertiary alicyclic amines) is 1. The summed E-state index contributed by atoms with van der Waals surface area (Å²) in [6, 6.07) is 0.201. The van der Waals surface area contributed by atoms with E-state index in [4.69, 9.17) is 5.73 Å². The second kappa shape index (κ2) is 5.69. The first-order chi connectivity index (χ1) is 9.02. The Bertz CT molecular complexity index is 442. The lowest BCUT2D eigenvalue weighted by molar-refractivity contribution is 0.0637. The Kier molecular flexibility index (Phi) is 4.19. The summed E-state index contributed by atoms with van der Waals surface area (Å²) in [6.07, 6.45) is 1.85. The number of hydrogen-bond donors (Lipinski definition) is 2. The van der Waals surface area contributed by atoms with Gasteiger partial charge < -0.3 is 10.6 Å². The summed E-state index contributed by atoms with van der Waals surface area (Å²) in [5.41, 5.74) is 6.06. The molecule has 2 atom stereocenters. The molecule has 2 unspecified atom stereocenters. The molecule has 1 aromatic rings. The Hall–Kier alpha value is -1.43. The van der Waals surface area contributed by atoms with Crippen molar-refractivity contribution < 1.29 is 4.79 Å². The van der Waals surface area contributed by atoms with Crippen molar-refractivity contribution in [3.8, 4) is 0 Å². The molecule has 2 rings (SSSR count). The molecule has 0 aliphatic carbocycles. The lowest BCUT2D eigenvalue weighted by Gasteiger charge is -2.35. The molecule has 1 aliphatic rings. The molecule has 19 heavy (non-hydrogen) atoms. The van der Waals surface area contributed by atoms with Crippen LogP contribution in [0.3, 0.4) is 0 Å². The van der Waals surface area contributed by atoms with Gasteiger partial charge in [-0.25, -0.2) is 4.98 Å². The number of rotatable bonds is 3. The zero-order chi connectivity index (χ0) is 14.0. The Morgan fingerprint density at radius 3 is 2.89 bits per heavy atom. The van der Waals surface area contributed by atoms with Gasteiger partial charge in [-0.1, -0.05) is 27.2 Å². The van der Waals surface area contributed by atoms with E-state index in [-0.39, 0.29) is 23.7 Å². The second-order valence-corrected chi connectivity index (χ2v) is 5.57. The summed E-state index contributed by atoms with van der Waals surface area (Å²) in [6.45, 7) is 7.55. The van der Waals surface area contributed by atoms with E-state index in [0.717, 1.165) is 18.7 Å². The van der Waals surface area contributed by atoms with E-state index in [1.54, 1.807) is 0 Å². The molecule has 106 valence electrons. The van der Waals surface area contributed by atoms with Crippen LogP contribution in [0, 0.1) is 5.92 Å². The number of amides is 1. The van der Waals surface area contributed by atoms with Crippen LogP contribution < -0.4 is 5.73 Å². The highest BCUT2D eigenvalue weighted by molar-refractivity contribution is 5.90. The number of aromatic amines is 1. The Labute approximate surface area is 113 Å². The fraction of sp³-hybridized carbons (Fsp3) is 0.769. The van der Waals surface area contributed by atoms with Crippen molar-refractivity contribution in [3.63, 3.8) is 0 Å². The van der Waals surface area contributed by atoms with Crippen LogP contribution in [-0.2, 0) is 0 Å². The number of piperidine rings is 1.